The summed E-state index contributed by atoms with van der Waals surface area (Å²) in [5.74, 6) is -2.03. The normalized spacial score (nSPS) is 23.7. The van der Waals surface area contributed by atoms with Gasteiger partial charge in [0.1, 0.15) is 11.7 Å². The Morgan fingerprint density at radius 2 is 1.69 bits per heavy atom. The van der Waals surface area contributed by atoms with E-state index in [1.807, 2.05) is 0 Å². The second kappa shape index (κ2) is 9.61. The third-order valence-electron chi connectivity index (χ3n) is 6.89. The SMILES string of the molecule is CC(C)(C)OC(=O)Nc1cc(C(F)(F)F)c2nc1-c1nnc(o1)[C@@](O)(C(F)(F)F)CCCCCC1(CC1)C2O. The fraction of sp³-hybridized carbons (Fsp3) is 0.667. The number of fused-ring (bicyclic) bond motifs is 5. The Balaban J connectivity index is 1.93. The molecular formula is C24H28F6N4O5. The zero-order valence-electron chi connectivity index (χ0n) is 21.3. The van der Waals surface area contributed by atoms with Crippen LogP contribution in [0.4, 0.5) is 36.8 Å². The summed E-state index contributed by atoms with van der Waals surface area (Å²) < 4.78 is 94.6. The predicted molar refractivity (Wildman–Crippen MR) is 122 cm³/mol. The molecule has 1 amide bonds. The molecule has 0 radical (unpaired) electrons. The number of carbonyl (C=O) groups excluding carboxylic acids is 1. The summed E-state index contributed by atoms with van der Waals surface area (Å²) in [6.07, 6.45) is -12.5. The van der Waals surface area contributed by atoms with Crippen LogP contribution in [0.3, 0.4) is 0 Å². The van der Waals surface area contributed by atoms with Crippen molar-refractivity contribution in [1.29, 1.82) is 0 Å². The molecule has 3 heterocycles. The Morgan fingerprint density at radius 1 is 1.05 bits per heavy atom. The fourth-order valence-corrected chi connectivity index (χ4v) is 4.64. The van der Waals surface area contributed by atoms with Crippen LogP contribution in [0.15, 0.2) is 10.5 Å². The van der Waals surface area contributed by atoms with Gasteiger partial charge in [-0.2, -0.15) is 26.3 Å². The van der Waals surface area contributed by atoms with Crippen molar-refractivity contribution in [1.82, 2.24) is 15.2 Å². The number of carbonyl (C=O) groups is 1. The van der Waals surface area contributed by atoms with Gasteiger partial charge in [0.05, 0.1) is 16.9 Å². The van der Waals surface area contributed by atoms with Crippen LogP contribution in [-0.2, 0) is 16.5 Å². The fourth-order valence-electron chi connectivity index (χ4n) is 4.64. The maximum atomic E-state index is 14.2. The monoisotopic (exact) mass is 566 g/mol. The number of hydrogen-bond acceptors (Lipinski definition) is 8. The van der Waals surface area contributed by atoms with Crippen LogP contribution >= 0.6 is 0 Å². The average molecular weight is 566 g/mol. The molecule has 4 rings (SSSR count). The minimum atomic E-state index is -5.21. The Morgan fingerprint density at radius 3 is 2.26 bits per heavy atom. The first-order valence-corrected chi connectivity index (χ1v) is 12.3. The van der Waals surface area contributed by atoms with E-state index in [4.69, 9.17) is 9.15 Å². The van der Waals surface area contributed by atoms with Crippen molar-refractivity contribution in [2.24, 2.45) is 5.41 Å². The largest absolute Gasteiger partial charge is 0.444 e. The first kappa shape index (κ1) is 29.1. The van der Waals surface area contributed by atoms with E-state index in [0.29, 0.717) is 25.3 Å². The highest BCUT2D eigenvalue weighted by Crippen LogP contribution is 2.59. The smallest absolute Gasteiger partial charge is 0.426 e. The van der Waals surface area contributed by atoms with Crippen molar-refractivity contribution in [3.63, 3.8) is 0 Å². The molecule has 15 heteroatoms. The van der Waals surface area contributed by atoms with E-state index in [0.717, 1.165) is 0 Å². The molecule has 0 aromatic carbocycles. The Hall–Kier alpha value is -2.94. The third kappa shape index (κ3) is 5.83. The molecule has 1 aliphatic heterocycles. The number of aromatic nitrogens is 3. The lowest BCUT2D eigenvalue weighted by Gasteiger charge is -2.28. The standard InChI is InChI=1S/C24H28F6N4O5/c1-20(2,3)39-19(36)31-13-11-12(23(25,26)27)14-16(35)21(9-10-21)7-5-4-6-8-22(37,24(28,29)30)18-34-33-17(38-18)15(13)32-14/h11,16,35,37H,4-10H2,1-3H3,(H,31,36)/t16?,22-/m1/s1. The Labute approximate surface area is 219 Å². The van der Waals surface area contributed by atoms with Crippen molar-refractivity contribution in [3.8, 4) is 11.6 Å². The van der Waals surface area contributed by atoms with E-state index >= 15 is 0 Å². The topological polar surface area (TPSA) is 131 Å². The molecule has 39 heavy (non-hydrogen) atoms. The number of nitrogens with zero attached hydrogens (tertiary/aromatic N) is 3. The van der Waals surface area contributed by atoms with Gasteiger partial charge in [0.2, 0.25) is 5.60 Å². The van der Waals surface area contributed by atoms with Crippen LogP contribution in [0.2, 0.25) is 0 Å². The van der Waals surface area contributed by atoms with Gasteiger partial charge in [0, 0.05) is 5.41 Å². The van der Waals surface area contributed by atoms with E-state index in [2.05, 4.69) is 20.5 Å². The second-order valence-corrected chi connectivity index (χ2v) is 11.0. The molecule has 4 bridgehead atoms. The number of ether oxygens (including phenoxy) is 1. The lowest BCUT2D eigenvalue weighted by Crippen LogP contribution is -2.42. The molecule has 9 nitrogen and oxygen atoms in total. The third-order valence-corrected chi connectivity index (χ3v) is 6.89. The number of pyridine rings is 1. The molecule has 3 N–H and O–H groups in total. The van der Waals surface area contributed by atoms with Crippen molar-refractivity contribution >= 4 is 11.8 Å². The van der Waals surface area contributed by atoms with Crippen LogP contribution in [-0.4, -0.2) is 43.3 Å². The van der Waals surface area contributed by atoms with Crippen LogP contribution in [0.25, 0.3) is 11.6 Å². The highest BCUT2D eigenvalue weighted by atomic mass is 19.4. The number of nitrogens with one attached hydrogen (secondary N) is 1. The first-order chi connectivity index (χ1) is 17.9. The van der Waals surface area contributed by atoms with Gasteiger partial charge in [-0.1, -0.05) is 12.8 Å². The quantitative estimate of drug-likeness (QED) is 0.357. The highest BCUT2D eigenvalue weighted by molar-refractivity contribution is 5.89. The van der Waals surface area contributed by atoms with Gasteiger partial charge in [-0.25, -0.2) is 9.78 Å². The van der Waals surface area contributed by atoms with E-state index in [9.17, 15) is 41.4 Å². The molecule has 0 saturated heterocycles. The van der Waals surface area contributed by atoms with Gasteiger partial charge in [-0.3, -0.25) is 5.32 Å². The average Bonchev–Trinajstić information content (AvgIpc) is 3.40. The second-order valence-electron chi connectivity index (χ2n) is 11.0. The lowest BCUT2D eigenvalue weighted by molar-refractivity contribution is -0.277. The molecule has 1 aliphatic carbocycles. The van der Waals surface area contributed by atoms with Crippen molar-refractivity contribution in [2.45, 2.75) is 95.4 Å². The zero-order valence-corrected chi connectivity index (χ0v) is 21.3. The molecule has 1 saturated carbocycles. The van der Waals surface area contributed by atoms with Crippen molar-refractivity contribution in [3.05, 3.63) is 23.2 Å². The Bertz CT molecular complexity index is 1240. The van der Waals surface area contributed by atoms with Gasteiger partial charge in [-0.05, 0) is 58.9 Å². The molecule has 2 aromatic heterocycles. The van der Waals surface area contributed by atoms with E-state index in [1.165, 1.54) is 20.8 Å². The summed E-state index contributed by atoms with van der Waals surface area (Å²) in [4.78, 5) is 16.4. The van der Waals surface area contributed by atoms with Gasteiger partial charge in [-0.15, -0.1) is 10.2 Å². The van der Waals surface area contributed by atoms with Crippen LogP contribution in [0, 0.1) is 5.41 Å². The van der Waals surface area contributed by atoms with Crippen LogP contribution in [0.1, 0.15) is 89.0 Å². The highest BCUT2D eigenvalue weighted by Gasteiger charge is 2.59. The number of halogens is 6. The van der Waals surface area contributed by atoms with Gasteiger partial charge in [0.25, 0.3) is 11.8 Å². The summed E-state index contributed by atoms with van der Waals surface area (Å²) in [5.41, 5.74) is -8.94. The van der Waals surface area contributed by atoms with Crippen LogP contribution < -0.4 is 5.32 Å². The minimum Gasteiger partial charge on any atom is -0.444 e. The van der Waals surface area contributed by atoms with Gasteiger partial charge in [0.15, 0.2) is 5.69 Å². The number of hydrogen-bond donors (Lipinski definition) is 3. The molecule has 1 unspecified atom stereocenters. The number of anilines is 1. The zero-order chi connectivity index (χ0) is 29.0. The number of alkyl halides is 6. The summed E-state index contributed by atoms with van der Waals surface area (Å²) in [6, 6.07) is 0.493. The minimum absolute atomic E-state index is 0.108. The maximum Gasteiger partial charge on any atom is 0.426 e. The first-order valence-electron chi connectivity index (χ1n) is 12.3. The van der Waals surface area contributed by atoms with Gasteiger partial charge >= 0.3 is 18.4 Å². The summed E-state index contributed by atoms with van der Waals surface area (Å²) in [6.45, 7) is 4.52. The predicted octanol–water partition coefficient (Wildman–Crippen LogP) is 6.03. The number of amides is 1. The molecule has 2 atom stereocenters. The molecule has 2 aliphatic rings. The summed E-state index contributed by atoms with van der Waals surface area (Å²) in [7, 11) is 0. The Kier molecular flexibility index (Phi) is 7.16. The van der Waals surface area contributed by atoms with Gasteiger partial charge < -0.3 is 19.4 Å². The number of aliphatic hydroxyl groups is 2. The maximum absolute atomic E-state index is 14.2. The molecular weight excluding hydrogens is 538 g/mol. The number of rotatable bonds is 1. The molecule has 1 spiro atoms. The van der Waals surface area contributed by atoms with E-state index in [1.54, 1.807) is 0 Å². The van der Waals surface area contributed by atoms with Crippen molar-refractivity contribution in [2.75, 3.05) is 5.32 Å². The van der Waals surface area contributed by atoms with Crippen molar-refractivity contribution < 1.29 is 50.5 Å². The molecule has 216 valence electrons. The molecule has 1 fully saturated rings. The lowest BCUT2D eigenvalue weighted by atomic mass is 9.87. The van der Waals surface area contributed by atoms with E-state index < -0.39 is 82.0 Å². The summed E-state index contributed by atoms with van der Waals surface area (Å²) in [5, 5.41) is 30.7. The summed E-state index contributed by atoms with van der Waals surface area (Å²) >= 11 is 0. The van der Waals surface area contributed by atoms with Crippen LogP contribution in [0.5, 0.6) is 0 Å². The molecule has 2 aromatic rings. The number of aliphatic hydroxyl groups excluding tert-OH is 1. The van der Waals surface area contributed by atoms with E-state index in [-0.39, 0.29) is 19.3 Å².